The predicted octanol–water partition coefficient (Wildman–Crippen LogP) is 2.00. The molecule has 1 aliphatic rings. The van der Waals surface area contributed by atoms with Gasteiger partial charge in [0.15, 0.2) is 11.6 Å². The van der Waals surface area contributed by atoms with Crippen molar-refractivity contribution in [1.29, 1.82) is 0 Å². The summed E-state index contributed by atoms with van der Waals surface area (Å²) < 4.78 is 5.79. The Morgan fingerprint density at radius 1 is 1.43 bits per heavy atom. The summed E-state index contributed by atoms with van der Waals surface area (Å²) in [6.07, 6.45) is 4.66. The third-order valence-electron chi connectivity index (χ3n) is 2.21. The van der Waals surface area contributed by atoms with Crippen LogP contribution >= 0.6 is 0 Å². The number of aromatic nitrogens is 1. The van der Waals surface area contributed by atoms with Gasteiger partial charge >= 0.3 is 0 Å². The monoisotopic (exact) mass is 192 g/mol. The first kappa shape index (κ1) is 9.31. The molecule has 0 unspecified atom stereocenters. The second-order valence-electron chi connectivity index (χ2n) is 4.05. The fraction of sp³-hybridized carbons (Fsp3) is 0.545. The average Bonchev–Trinajstić information content (AvgIpc) is 2.87. The molecule has 0 amide bonds. The molecule has 1 aliphatic carbocycles. The highest BCUT2D eigenvalue weighted by molar-refractivity contribution is 5.52. The number of ether oxygens (including phenoxy) is 1. The van der Waals surface area contributed by atoms with Gasteiger partial charge in [0, 0.05) is 20.3 Å². The van der Waals surface area contributed by atoms with Crippen LogP contribution in [0, 0.1) is 6.92 Å². The van der Waals surface area contributed by atoms with Gasteiger partial charge in [0.25, 0.3) is 0 Å². The van der Waals surface area contributed by atoms with Crippen LogP contribution in [0.1, 0.15) is 18.4 Å². The minimum atomic E-state index is 0.428. The summed E-state index contributed by atoms with van der Waals surface area (Å²) in [6.45, 7) is 2.03. The van der Waals surface area contributed by atoms with E-state index in [1.54, 1.807) is 0 Å². The molecule has 2 rings (SSSR count). The predicted molar refractivity (Wildman–Crippen MR) is 57.0 cm³/mol. The maximum atomic E-state index is 5.79. The molecule has 1 saturated carbocycles. The van der Waals surface area contributed by atoms with Crippen LogP contribution in [-0.4, -0.2) is 25.2 Å². The van der Waals surface area contributed by atoms with Crippen LogP contribution in [0.25, 0.3) is 0 Å². The van der Waals surface area contributed by atoms with E-state index in [4.69, 9.17) is 4.74 Å². The van der Waals surface area contributed by atoms with Crippen molar-refractivity contribution in [2.45, 2.75) is 25.9 Å². The Hall–Kier alpha value is -1.25. The summed E-state index contributed by atoms with van der Waals surface area (Å²) in [7, 11) is 3.97. The lowest BCUT2D eigenvalue weighted by atomic mass is 10.3. The van der Waals surface area contributed by atoms with E-state index >= 15 is 0 Å². The maximum absolute atomic E-state index is 5.79. The van der Waals surface area contributed by atoms with E-state index in [0.717, 1.165) is 17.1 Å². The Bertz CT molecular complexity index is 332. The summed E-state index contributed by atoms with van der Waals surface area (Å²) in [5.41, 5.74) is 1.14. The lowest BCUT2D eigenvalue weighted by Crippen LogP contribution is -2.13. The Labute approximate surface area is 84.7 Å². The third-order valence-corrected chi connectivity index (χ3v) is 2.21. The van der Waals surface area contributed by atoms with Gasteiger partial charge in [-0.1, -0.05) is 0 Å². The summed E-state index contributed by atoms with van der Waals surface area (Å²) >= 11 is 0. The van der Waals surface area contributed by atoms with E-state index in [-0.39, 0.29) is 0 Å². The lowest BCUT2D eigenvalue weighted by molar-refractivity contribution is 0.302. The average molecular weight is 192 g/mol. The van der Waals surface area contributed by atoms with Gasteiger partial charge in [-0.15, -0.1) is 0 Å². The van der Waals surface area contributed by atoms with Crippen molar-refractivity contribution in [1.82, 2.24) is 4.98 Å². The van der Waals surface area contributed by atoms with Crippen LogP contribution < -0.4 is 9.64 Å². The molecule has 0 spiro atoms. The molecule has 76 valence electrons. The molecular formula is C11H16N2O. The molecular weight excluding hydrogens is 176 g/mol. The topological polar surface area (TPSA) is 25.4 Å². The van der Waals surface area contributed by atoms with Crippen LogP contribution in [0.5, 0.6) is 5.75 Å². The van der Waals surface area contributed by atoms with Gasteiger partial charge in [-0.3, -0.25) is 0 Å². The van der Waals surface area contributed by atoms with Crippen LogP contribution in [0.2, 0.25) is 0 Å². The Balaban J connectivity index is 2.27. The molecule has 0 aliphatic heterocycles. The van der Waals surface area contributed by atoms with Crippen LogP contribution in [0.4, 0.5) is 5.82 Å². The molecule has 0 aromatic carbocycles. The highest BCUT2D eigenvalue weighted by Gasteiger charge is 2.25. The summed E-state index contributed by atoms with van der Waals surface area (Å²) in [6, 6.07) is 2.06. The van der Waals surface area contributed by atoms with E-state index in [1.807, 2.05) is 32.1 Å². The zero-order valence-electron chi connectivity index (χ0n) is 8.95. The molecule has 3 heteroatoms. The summed E-state index contributed by atoms with van der Waals surface area (Å²) in [4.78, 5) is 6.34. The Kier molecular flexibility index (Phi) is 2.32. The number of hydrogen-bond acceptors (Lipinski definition) is 3. The van der Waals surface area contributed by atoms with E-state index in [1.165, 1.54) is 12.8 Å². The Morgan fingerprint density at radius 2 is 2.14 bits per heavy atom. The lowest BCUT2D eigenvalue weighted by Gasteiger charge is -2.16. The standard InChI is InChI=1S/C11H16N2O/c1-8-6-10(14-9-4-5-9)11(12-7-8)13(2)3/h6-7,9H,4-5H2,1-3H3. The van der Waals surface area contributed by atoms with Crippen molar-refractivity contribution >= 4 is 5.82 Å². The van der Waals surface area contributed by atoms with E-state index in [9.17, 15) is 0 Å². The fourth-order valence-corrected chi connectivity index (χ4v) is 1.32. The molecule has 0 bridgehead atoms. The number of hydrogen-bond donors (Lipinski definition) is 0. The van der Waals surface area contributed by atoms with Crippen molar-refractivity contribution in [3.63, 3.8) is 0 Å². The molecule has 0 radical (unpaired) electrons. The number of aryl methyl sites for hydroxylation is 1. The molecule has 0 saturated heterocycles. The van der Waals surface area contributed by atoms with Crippen LogP contribution in [-0.2, 0) is 0 Å². The van der Waals surface area contributed by atoms with Crippen molar-refractivity contribution in [3.8, 4) is 5.75 Å². The number of anilines is 1. The second kappa shape index (κ2) is 3.48. The van der Waals surface area contributed by atoms with E-state index in [2.05, 4.69) is 11.1 Å². The normalized spacial score (nSPS) is 15.4. The third kappa shape index (κ3) is 1.97. The maximum Gasteiger partial charge on any atom is 0.170 e. The van der Waals surface area contributed by atoms with Crippen LogP contribution in [0.15, 0.2) is 12.3 Å². The van der Waals surface area contributed by atoms with Gasteiger partial charge < -0.3 is 9.64 Å². The van der Waals surface area contributed by atoms with Gasteiger partial charge in [-0.2, -0.15) is 0 Å². The molecule has 0 N–H and O–H groups in total. The number of rotatable bonds is 3. The number of pyridine rings is 1. The first-order valence-electron chi connectivity index (χ1n) is 4.97. The molecule has 1 fully saturated rings. The molecule has 1 heterocycles. The minimum Gasteiger partial charge on any atom is -0.487 e. The van der Waals surface area contributed by atoms with Crippen molar-refractivity contribution in [2.24, 2.45) is 0 Å². The van der Waals surface area contributed by atoms with E-state index in [0.29, 0.717) is 6.10 Å². The molecule has 14 heavy (non-hydrogen) atoms. The molecule has 1 aromatic heterocycles. The summed E-state index contributed by atoms with van der Waals surface area (Å²) in [5.74, 6) is 1.83. The highest BCUT2D eigenvalue weighted by Crippen LogP contribution is 2.32. The zero-order chi connectivity index (χ0) is 10.1. The number of nitrogens with zero attached hydrogens (tertiary/aromatic N) is 2. The SMILES string of the molecule is Cc1cnc(N(C)C)c(OC2CC2)c1. The first-order chi connectivity index (χ1) is 6.66. The molecule has 0 atom stereocenters. The van der Waals surface area contributed by atoms with Gasteiger partial charge in [-0.25, -0.2) is 4.98 Å². The first-order valence-corrected chi connectivity index (χ1v) is 4.97. The zero-order valence-corrected chi connectivity index (χ0v) is 8.95. The minimum absolute atomic E-state index is 0.428. The van der Waals surface area contributed by atoms with E-state index < -0.39 is 0 Å². The van der Waals surface area contributed by atoms with Gasteiger partial charge in [0.2, 0.25) is 0 Å². The summed E-state index contributed by atoms with van der Waals surface area (Å²) in [5, 5.41) is 0. The Morgan fingerprint density at radius 3 is 2.71 bits per heavy atom. The second-order valence-corrected chi connectivity index (χ2v) is 4.05. The smallest absolute Gasteiger partial charge is 0.170 e. The fourth-order valence-electron chi connectivity index (χ4n) is 1.32. The van der Waals surface area contributed by atoms with Gasteiger partial charge in [0.1, 0.15) is 0 Å². The van der Waals surface area contributed by atoms with Crippen LogP contribution in [0.3, 0.4) is 0 Å². The largest absolute Gasteiger partial charge is 0.487 e. The van der Waals surface area contributed by atoms with Gasteiger partial charge in [-0.05, 0) is 31.4 Å². The highest BCUT2D eigenvalue weighted by atomic mass is 16.5. The quantitative estimate of drug-likeness (QED) is 0.732. The molecule has 1 aromatic rings. The van der Waals surface area contributed by atoms with Crippen molar-refractivity contribution in [3.05, 3.63) is 17.8 Å². The van der Waals surface area contributed by atoms with Crippen molar-refractivity contribution < 1.29 is 4.74 Å². The molecule has 3 nitrogen and oxygen atoms in total. The van der Waals surface area contributed by atoms with Gasteiger partial charge in [0.05, 0.1) is 6.10 Å². The van der Waals surface area contributed by atoms with Crippen molar-refractivity contribution in [2.75, 3.05) is 19.0 Å².